The molecule has 21 heavy (non-hydrogen) atoms. The highest BCUT2D eigenvalue weighted by atomic mass is 35.5. The normalized spacial score (nSPS) is 11.9. The van der Waals surface area contributed by atoms with Gasteiger partial charge in [0, 0.05) is 22.7 Å². The van der Waals surface area contributed by atoms with Crippen LogP contribution < -0.4 is 4.80 Å². The number of hydrogen-bond donors (Lipinski definition) is 0. The molecule has 0 fully saturated rings. The molecule has 0 aliphatic rings. The second kappa shape index (κ2) is 6.02. The Kier molecular flexibility index (Phi) is 4.10. The van der Waals surface area contributed by atoms with E-state index < -0.39 is 0 Å². The number of aryl methyl sites for hydroxylation is 1. The molecular formula is C15H11Cl2N3S. The first-order valence-corrected chi connectivity index (χ1v) is 7.79. The van der Waals surface area contributed by atoms with Crippen molar-refractivity contribution in [1.82, 2.24) is 9.78 Å². The number of rotatable bonds is 2. The van der Waals surface area contributed by atoms with Crippen LogP contribution in [0.4, 0.5) is 5.69 Å². The van der Waals surface area contributed by atoms with Gasteiger partial charge in [-0.2, -0.15) is 5.10 Å². The Morgan fingerprint density at radius 1 is 1.05 bits per heavy atom. The van der Waals surface area contributed by atoms with E-state index in [-0.39, 0.29) is 0 Å². The molecule has 0 radical (unpaired) electrons. The van der Waals surface area contributed by atoms with Gasteiger partial charge in [0.1, 0.15) is 5.01 Å². The SMILES string of the molecule is Cn1nc(-c2ccc(Cl)cc2)s/c1=N\c1cccc(Cl)c1. The van der Waals surface area contributed by atoms with Gasteiger partial charge in [0.2, 0.25) is 4.80 Å². The van der Waals surface area contributed by atoms with Gasteiger partial charge in [0.05, 0.1) is 5.69 Å². The van der Waals surface area contributed by atoms with Crippen LogP contribution in [0, 0.1) is 0 Å². The van der Waals surface area contributed by atoms with E-state index in [9.17, 15) is 0 Å². The van der Waals surface area contributed by atoms with Gasteiger partial charge in [0.25, 0.3) is 0 Å². The fourth-order valence-electron chi connectivity index (χ4n) is 1.81. The minimum absolute atomic E-state index is 0.668. The fourth-order valence-corrected chi connectivity index (χ4v) is 3.04. The quantitative estimate of drug-likeness (QED) is 0.668. The van der Waals surface area contributed by atoms with Gasteiger partial charge < -0.3 is 0 Å². The van der Waals surface area contributed by atoms with Crippen molar-refractivity contribution >= 4 is 40.2 Å². The lowest BCUT2D eigenvalue weighted by Gasteiger charge is -1.94. The van der Waals surface area contributed by atoms with Crippen molar-refractivity contribution in [1.29, 1.82) is 0 Å². The molecule has 0 aliphatic heterocycles. The first-order chi connectivity index (χ1) is 10.1. The smallest absolute Gasteiger partial charge is 0.208 e. The van der Waals surface area contributed by atoms with Crippen LogP contribution in [-0.2, 0) is 7.05 Å². The van der Waals surface area contributed by atoms with Crippen LogP contribution in [0.3, 0.4) is 0 Å². The lowest BCUT2D eigenvalue weighted by Crippen LogP contribution is -2.10. The Balaban J connectivity index is 2.03. The zero-order valence-electron chi connectivity index (χ0n) is 11.1. The summed E-state index contributed by atoms with van der Waals surface area (Å²) in [6.07, 6.45) is 0. The minimum atomic E-state index is 0.668. The maximum atomic E-state index is 5.98. The Morgan fingerprint density at radius 3 is 2.52 bits per heavy atom. The van der Waals surface area contributed by atoms with Crippen LogP contribution in [0.5, 0.6) is 0 Å². The molecule has 0 saturated heterocycles. The first kappa shape index (κ1) is 14.3. The molecule has 0 saturated carbocycles. The molecule has 0 spiro atoms. The molecule has 3 aromatic rings. The number of halogens is 2. The van der Waals surface area contributed by atoms with Gasteiger partial charge in [-0.3, -0.25) is 0 Å². The van der Waals surface area contributed by atoms with Gasteiger partial charge in [-0.25, -0.2) is 9.67 Å². The first-order valence-electron chi connectivity index (χ1n) is 6.22. The van der Waals surface area contributed by atoms with Gasteiger partial charge in [-0.1, -0.05) is 52.7 Å². The highest BCUT2D eigenvalue weighted by Gasteiger charge is 2.05. The van der Waals surface area contributed by atoms with Crippen molar-refractivity contribution in [2.24, 2.45) is 12.0 Å². The standard InChI is InChI=1S/C15H11Cl2N3S/c1-20-15(18-13-4-2-3-12(17)9-13)21-14(19-20)10-5-7-11(16)8-6-10/h2-9H,1H3/b18-15-. The van der Waals surface area contributed by atoms with Gasteiger partial charge in [-0.05, 0) is 30.3 Å². The predicted octanol–water partition coefficient (Wildman–Crippen LogP) is 4.69. The van der Waals surface area contributed by atoms with Crippen LogP contribution >= 0.6 is 34.5 Å². The fraction of sp³-hybridized carbons (Fsp3) is 0.0667. The monoisotopic (exact) mass is 335 g/mol. The highest BCUT2D eigenvalue weighted by molar-refractivity contribution is 7.12. The molecule has 0 unspecified atom stereocenters. The van der Waals surface area contributed by atoms with E-state index >= 15 is 0 Å². The Bertz CT molecular complexity index is 835. The maximum Gasteiger partial charge on any atom is 0.208 e. The molecule has 0 amide bonds. The zero-order valence-corrected chi connectivity index (χ0v) is 13.5. The predicted molar refractivity (Wildman–Crippen MR) is 88.2 cm³/mol. The number of benzene rings is 2. The summed E-state index contributed by atoms with van der Waals surface area (Å²) in [6.45, 7) is 0. The summed E-state index contributed by atoms with van der Waals surface area (Å²) >= 11 is 13.4. The summed E-state index contributed by atoms with van der Waals surface area (Å²) in [5.74, 6) is 0. The lowest BCUT2D eigenvalue weighted by molar-refractivity contribution is 0.732. The molecule has 3 nitrogen and oxygen atoms in total. The summed E-state index contributed by atoms with van der Waals surface area (Å²) < 4.78 is 1.76. The summed E-state index contributed by atoms with van der Waals surface area (Å²) in [5, 5.41) is 6.77. The van der Waals surface area contributed by atoms with E-state index in [2.05, 4.69) is 10.1 Å². The van der Waals surface area contributed by atoms with Crippen molar-refractivity contribution in [3.63, 3.8) is 0 Å². The van der Waals surface area contributed by atoms with E-state index in [0.29, 0.717) is 10.0 Å². The molecule has 0 bridgehead atoms. The van der Waals surface area contributed by atoms with Gasteiger partial charge >= 0.3 is 0 Å². The van der Waals surface area contributed by atoms with Gasteiger partial charge in [0.15, 0.2) is 0 Å². The minimum Gasteiger partial charge on any atom is -0.241 e. The molecule has 2 aromatic carbocycles. The summed E-state index contributed by atoms with van der Waals surface area (Å²) in [7, 11) is 1.87. The Morgan fingerprint density at radius 2 is 1.81 bits per heavy atom. The van der Waals surface area contributed by atoms with Crippen LogP contribution in [0.25, 0.3) is 10.6 Å². The van der Waals surface area contributed by atoms with Crippen LogP contribution in [0.2, 0.25) is 10.0 Å². The van der Waals surface area contributed by atoms with Crippen molar-refractivity contribution < 1.29 is 0 Å². The molecule has 1 aromatic heterocycles. The molecule has 106 valence electrons. The van der Waals surface area contributed by atoms with Crippen molar-refractivity contribution in [3.05, 3.63) is 63.4 Å². The van der Waals surface area contributed by atoms with E-state index in [4.69, 9.17) is 23.2 Å². The summed E-state index contributed by atoms with van der Waals surface area (Å²) in [6, 6.07) is 15.0. The van der Waals surface area contributed by atoms with Gasteiger partial charge in [-0.15, -0.1) is 0 Å². The Hall–Kier alpha value is -1.62. The average molecular weight is 336 g/mol. The summed E-state index contributed by atoms with van der Waals surface area (Å²) in [4.78, 5) is 5.38. The number of aromatic nitrogens is 2. The van der Waals surface area contributed by atoms with Crippen LogP contribution in [0.15, 0.2) is 53.5 Å². The molecule has 0 atom stereocenters. The lowest BCUT2D eigenvalue weighted by atomic mass is 10.2. The average Bonchev–Trinajstić information content (AvgIpc) is 2.81. The van der Waals surface area contributed by atoms with E-state index in [1.165, 1.54) is 11.3 Å². The van der Waals surface area contributed by atoms with E-state index in [1.54, 1.807) is 4.68 Å². The van der Waals surface area contributed by atoms with Crippen molar-refractivity contribution in [3.8, 4) is 10.6 Å². The largest absolute Gasteiger partial charge is 0.241 e. The number of hydrogen-bond acceptors (Lipinski definition) is 3. The van der Waals surface area contributed by atoms with Crippen LogP contribution in [0.1, 0.15) is 0 Å². The third-order valence-electron chi connectivity index (χ3n) is 2.83. The van der Waals surface area contributed by atoms with Crippen molar-refractivity contribution in [2.45, 2.75) is 0 Å². The molecule has 0 aliphatic carbocycles. The van der Waals surface area contributed by atoms with Crippen LogP contribution in [-0.4, -0.2) is 9.78 Å². The highest BCUT2D eigenvalue weighted by Crippen LogP contribution is 2.22. The topological polar surface area (TPSA) is 30.2 Å². The molecular weight excluding hydrogens is 325 g/mol. The van der Waals surface area contributed by atoms with E-state index in [1.807, 2.05) is 55.6 Å². The second-order valence-corrected chi connectivity index (χ2v) is 6.24. The molecule has 0 N–H and O–H groups in total. The zero-order chi connectivity index (χ0) is 14.8. The number of nitrogens with zero attached hydrogens (tertiary/aromatic N) is 3. The third-order valence-corrected chi connectivity index (χ3v) is 4.37. The molecule has 6 heteroatoms. The summed E-state index contributed by atoms with van der Waals surface area (Å²) in [5.41, 5.74) is 1.83. The van der Waals surface area contributed by atoms with E-state index in [0.717, 1.165) is 21.1 Å². The maximum absolute atomic E-state index is 5.98. The Labute approximate surface area is 136 Å². The van der Waals surface area contributed by atoms with Crippen molar-refractivity contribution in [2.75, 3.05) is 0 Å². The molecule has 1 heterocycles. The molecule has 3 rings (SSSR count). The third kappa shape index (κ3) is 3.35. The second-order valence-electron chi connectivity index (χ2n) is 4.41.